The molecule has 0 spiro atoms. The molecule has 2 N–H and O–H groups in total. The van der Waals surface area contributed by atoms with Gasteiger partial charge in [0.1, 0.15) is 5.69 Å². The van der Waals surface area contributed by atoms with Crippen LogP contribution in [0.5, 0.6) is 0 Å². The molecule has 1 aliphatic carbocycles. The molecule has 1 aromatic rings. The molecule has 2 rings (SSSR count). The lowest BCUT2D eigenvalue weighted by Crippen LogP contribution is -2.22. The maximum Gasteiger partial charge on any atom is 0.150 e. The van der Waals surface area contributed by atoms with E-state index >= 15 is 0 Å². The molecule has 0 heterocycles. The number of halogens is 2. The summed E-state index contributed by atoms with van der Waals surface area (Å²) in [5.41, 5.74) is -0.274. The number of nitrogens with zero attached hydrogens (tertiary/aromatic N) is 1. The van der Waals surface area contributed by atoms with Crippen LogP contribution < -0.4 is 5.32 Å². The molecule has 0 aromatic heterocycles. The zero-order valence-corrected chi connectivity index (χ0v) is 9.79. The van der Waals surface area contributed by atoms with Crippen LogP contribution in [0, 0.1) is 28.9 Å². The number of aliphatic hydroxyl groups is 1. The Hall–Kier alpha value is -1.67. The van der Waals surface area contributed by atoms with Crippen molar-refractivity contribution in [3.63, 3.8) is 0 Å². The highest BCUT2D eigenvalue weighted by molar-refractivity contribution is 5.50. The second kappa shape index (κ2) is 5.32. The van der Waals surface area contributed by atoms with Gasteiger partial charge >= 0.3 is 0 Å². The number of anilines is 1. The molecule has 1 fully saturated rings. The molecule has 0 radical (unpaired) electrons. The van der Waals surface area contributed by atoms with Crippen molar-refractivity contribution < 1.29 is 13.9 Å². The first kappa shape index (κ1) is 12.8. The average Bonchev–Trinajstić information content (AvgIpc) is 2.73. The molecule has 0 amide bonds. The van der Waals surface area contributed by atoms with E-state index in [4.69, 9.17) is 5.26 Å². The second-order valence-electron chi connectivity index (χ2n) is 4.57. The van der Waals surface area contributed by atoms with Gasteiger partial charge in [0, 0.05) is 12.5 Å². The molecule has 0 aliphatic heterocycles. The number of nitriles is 1. The topological polar surface area (TPSA) is 56.0 Å². The minimum Gasteiger partial charge on any atom is -0.393 e. The average molecular weight is 252 g/mol. The van der Waals surface area contributed by atoms with E-state index in [0.717, 1.165) is 31.4 Å². The summed E-state index contributed by atoms with van der Waals surface area (Å²) in [5, 5.41) is 20.9. The van der Waals surface area contributed by atoms with Crippen LogP contribution in [0.2, 0.25) is 0 Å². The number of rotatable bonds is 3. The Bertz CT molecular complexity index is 461. The van der Waals surface area contributed by atoms with Gasteiger partial charge in [-0.25, -0.2) is 8.78 Å². The molecule has 18 heavy (non-hydrogen) atoms. The highest BCUT2D eigenvalue weighted by Gasteiger charge is 2.25. The van der Waals surface area contributed by atoms with Crippen LogP contribution >= 0.6 is 0 Å². The smallest absolute Gasteiger partial charge is 0.150 e. The molecule has 2 atom stereocenters. The summed E-state index contributed by atoms with van der Waals surface area (Å²) in [6, 6.07) is 3.69. The molecule has 5 heteroatoms. The predicted octanol–water partition coefficient (Wildman–Crippen LogP) is 2.41. The third-order valence-electron chi connectivity index (χ3n) is 3.33. The van der Waals surface area contributed by atoms with Crippen molar-refractivity contribution in [3.05, 3.63) is 29.3 Å². The maximum atomic E-state index is 13.6. The molecule has 1 saturated carbocycles. The van der Waals surface area contributed by atoms with Crippen LogP contribution in [-0.2, 0) is 0 Å². The first-order valence-corrected chi connectivity index (χ1v) is 5.93. The van der Waals surface area contributed by atoms with Gasteiger partial charge in [-0.2, -0.15) is 5.26 Å². The van der Waals surface area contributed by atoms with Crippen LogP contribution in [0.4, 0.5) is 14.5 Å². The van der Waals surface area contributed by atoms with E-state index in [1.54, 1.807) is 6.07 Å². The Morgan fingerprint density at radius 2 is 2.00 bits per heavy atom. The standard InChI is InChI=1S/C13H14F2N2O/c14-10-4-8(6-16)5-11(15)13(10)17-7-9-2-1-3-12(9)18/h4-5,9,12,17-18H,1-3,7H2. The summed E-state index contributed by atoms with van der Waals surface area (Å²) >= 11 is 0. The lowest BCUT2D eigenvalue weighted by molar-refractivity contribution is 0.138. The molecule has 1 aliphatic rings. The van der Waals surface area contributed by atoms with Gasteiger partial charge in [0.05, 0.1) is 17.7 Å². The van der Waals surface area contributed by atoms with Gasteiger partial charge in [0.2, 0.25) is 0 Å². The van der Waals surface area contributed by atoms with E-state index < -0.39 is 17.7 Å². The first-order valence-electron chi connectivity index (χ1n) is 5.93. The lowest BCUT2D eigenvalue weighted by atomic mass is 10.1. The largest absolute Gasteiger partial charge is 0.393 e. The van der Waals surface area contributed by atoms with Crippen molar-refractivity contribution in [2.45, 2.75) is 25.4 Å². The van der Waals surface area contributed by atoms with Crippen molar-refractivity contribution in [1.29, 1.82) is 5.26 Å². The minimum absolute atomic E-state index is 0.0273. The highest BCUT2D eigenvalue weighted by atomic mass is 19.1. The summed E-state index contributed by atoms with van der Waals surface area (Å²) < 4.78 is 27.1. The van der Waals surface area contributed by atoms with E-state index in [1.807, 2.05) is 0 Å². The van der Waals surface area contributed by atoms with Crippen LogP contribution in [0.3, 0.4) is 0 Å². The number of benzene rings is 1. The fraction of sp³-hybridized carbons (Fsp3) is 0.462. The summed E-state index contributed by atoms with van der Waals surface area (Å²) in [4.78, 5) is 0. The van der Waals surface area contributed by atoms with Crippen molar-refractivity contribution in [2.75, 3.05) is 11.9 Å². The number of hydrogen-bond donors (Lipinski definition) is 2. The second-order valence-corrected chi connectivity index (χ2v) is 4.57. The molecule has 96 valence electrons. The maximum absolute atomic E-state index is 13.6. The van der Waals surface area contributed by atoms with Crippen LogP contribution in [-0.4, -0.2) is 17.8 Å². The molecule has 0 saturated heterocycles. The Labute approximate surface area is 104 Å². The van der Waals surface area contributed by atoms with E-state index in [1.165, 1.54) is 0 Å². The summed E-state index contributed by atoms with van der Waals surface area (Å²) in [5.74, 6) is -1.53. The Morgan fingerprint density at radius 1 is 1.33 bits per heavy atom. The Morgan fingerprint density at radius 3 is 2.50 bits per heavy atom. The van der Waals surface area contributed by atoms with Crippen LogP contribution in [0.25, 0.3) is 0 Å². The van der Waals surface area contributed by atoms with Crippen molar-refractivity contribution in [1.82, 2.24) is 0 Å². The Kier molecular flexibility index (Phi) is 3.78. The van der Waals surface area contributed by atoms with Gasteiger partial charge in [-0.15, -0.1) is 0 Å². The van der Waals surface area contributed by atoms with Gasteiger partial charge in [-0.3, -0.25) is 0 Å². The number of hydrogen-bond acceptors (Lipinski definition) is 3. The summed E-state index contributed by atoms with van der Waals surface area (Å²) in [6.45, 7) is 0.334. The van der Waals surface area contributed by atoms with Gasteiger partial charge in [0.25, 0.3) is 0 Å². The molecule has 1 aromatic carbocycles. The normalized spacial score (nSPS) is 22.8. The highest BCUT2D eigenvalue weighted by Crippen LogP contribution is 2.27. The number of aliphatic hydroxyl groups excluding tert-OH is 1. The van der Waals surface area contributed by atoms with Gasteiger partial charge in [0.15, 0.2) is 11.6 Å². The van der Waals surface area contributed by atoms with E-state index in [9.17, 15) is 13.9 Å². The van der Waals surface area contributed by atoms with Gasteiger partial charge in [-0.1, -0.05) is 6.42 Å². The Balaban J connectivity index is 2.08. The lowest BCUT2D eigenvalue weighted by Gasteiger charge is -2.16. The van der Waals surface area contributed by atoms with Crippen molar-refractivity contribution in [3.8, 4) is 6.07 Å². The monoisotopic (exact) mass is 252 g/mol. The minimum atomic E-state index is -0.779. The first-order chi connectivity index (χ1) is 8.61. The number of nitrogens with one attached hydrogen (secondary N) is 1. The van der Waals surface area contributed by atoms with Gasteiger partial charge in [-0.05, 0) is 25.0 Å². The van der Waals surface area contributed by atoms with Crippen molar-refractivity contribution in [2.24, 2.45) is 5.92 Å². The van der Waals surface area contributed by atoms with Crippen LogP contribution in [0.15, 0.2) is 12.1 Å². The van der Waals surface area contributed by atoms with E-state index in [0.29, 0.717) is 6.54 Å². The molecular formula is C13H14F2N2O. The zero-order chi connectivity index (χ0) is 13.1. The fourth-order valence-electron chi connectivity index (χ4n) is 2.30. The molecular weight excluding hydrogens is 238 g/mol. The molecule has 3 nitrogen and oxygen atoms in total. The van der Waals surface area contributed by atoms with E-state index in [-0.39, 0.29) is 17.2 Å². The zero-order valence-electron chi connectivity index (χ0n) is 9.79. The molecule has 2 unspecified atom stereocenters. The third-order valence-corrected chi connectivity index (χ3v) is 3.33. The van der Waals surface area contributed by atoms with Crippen molar-refractivity contribution >= 4 is 5.69 Å². The summed E-state index contributed by atoms with van der Waals surface area (Å²) in [7, 11) is 0. The van der Waals surface area contributed by atoms with Crippen LogP contribution in [0.1, 0.15) is 24.8 Å². The SMILES string of the molecule is N#Cc1cc(F)c(NCC2CCCC2O)c(F)c1. The predicted molar refractivity (Wildman–Crippen MR) is 62.9 cm³/mol. The molecule has 0 bridgehead atoms. The fourth-order valence-corrected chi connectivity index (χ4v) is 2.30. The third kappa shape index (κ3) is 2.59. The quantitative estimate of drug-likeness (QED) is 0.868. The van der Waals surface area contributed by atoms with Gasteiger partial charge < -0.3 is 10.4 Å². The summed E-state index contributed by atoms with van der Waals surface area (Å²) in [6.07, 6.45) is 2.13. The van der Waals surface area contributed by atoms with E-state index in [2.05, 4.69) is 5.32 Å².